The molecule has 0 aliphatic carbocycles. The van der Waals surface area contributed by atoms with Crippen molar-refractivity contribution >= 4 is 34.9 Å². The lowest BCUT2D eigenvalue weighted by Gasteiger charge is -2.30. The van der Waals surface area contributed by atoms with Crippen molar-refractivity contribution in [1.29, 1.82) is 0 Å². The van der Waals surface area contributed by atoms with Gasteiger partial charge in [-0.25, -0.2) is 9.97 Å². The van der Waals surface area contributed by atoms with Crippen LogP contribution in [-0.2, 0) is 4.79 Å². The van der Waals surface area contributed by atoms with Crippen molar-refractivity contribution in [3.63, 3.8) is 0 Å². The Balaban J connectivity index is 1.25. The fourth-order valence-corrected chi connectivity index (χ4v) is 4.16. The van der Waals surface area contributed by atoms with Gasteiger partial charge in [0.2, 0.25) is 17.7 Å². The number of pyridine rings is 1. The Kier molecular flexibility index (Phi) is 5.16. The monoisotopic (exact) mass is 435 g/mol. The van der Waals surface area contributed by atoms with Gasteiger partial charge >= 0.3 is 0 Å². The number of nitrogens with zero attached hydrogens (tertiary/aromatic N) is 6. The smallest absolute Gasteiger partial charge is 0.290 e. The highest BCUT2D eigenvalue weighted by Gasteiger charge is 2.27. The van der Waals surface area contributed by atoms with E-state index in [0.717, 1.165) is 43.3 Å². The highest BCUT2D eigenvalue weighted by Crippen LogP contribution is 2.30. The lowest BCUT2D eigenvalue weighted by molar-refractivity contribution is -0.115. The molecule has 3 aromatic heterocycles. The molecule has 10 nitrogen and oxygen atoms in total. The summed E-state index contributed by atoms with van der Waals surface area (Å²) in [6, 6.07) is 5.40. The molecule has 0 unspecified atom stereocenters. The predicted molar refractivity (Wildman–Crippen MR) is 113 cm³/mol. The first-order valence-corrected chi connectivity index (χ1v) is 10.5. The van der Waals surface area contributed by atoms with Crippen LogP contribution in [0.25, 0.3) is 17.5 Å². The van der Waals surface area contributed by atoms with Crippen molar-refractivity contribution in [1.82, 2.24) is 30.4 Å². The van der Waals surface area contributed by atoms with Crippen LogP contribution < -0.4 is 10.2 Å². The largest absolute Gasteiger partial charge is 0.341 e. The number of thioether (sulfide) groups is 1. The Morgan fingerprint density at radius 1 is 1.10 bits per heavy atom. The van der Waals surface area contributed by atoms with E-state index in [2.05, 4.69) is 35.3 Å². The molecule has 5 heterocycles. The number of hydrogen-bond acceptors (Lipinski definition) is 10. The Hall–Kier alpha value is -3.60. The van der Waals surface area contributed by atoms with E-state index in [1.807, 2.05) is 12.1 Å². The van der Waals surface area contributed by atoms with Crippen LogP contribution in [-0.4, -0.2) is 49.3 Å². The normalized spacial score (nSPS) is 18.6. The number of aromatic nitrogens is 5. The van der Waals surface area contributed by atoms with E-state index in [1.54, 1.807) is 30.7 Å². The fourth-order valence-electron chi connectivity index (χ4n) is 3.50. The van der Waals surface area contributed by atoms with Gasteiger partial charge in [0.25, 0.3) is 11.1 Å². The molecule has 0 spiro atoms. The highest BCUT2D eigenvalue weighted by atomic mass is 32.2. The summed E-state index contributed by atoms with van der Waals surface area (Å²) in [5, 5.41) is 5.96. The van der Waals surface area contributed by atoms with Crippen LogP contribution in [0.5, 0.6) is 0 Å². The number of rotatable bonds is 4. The van der Waals surface area contributed by atoms with Gasteiger partial charge in [-0.2, -0.15) is 4.98 Å². The van der Waals surface area contributed by atoms with Crippen molar-refractivity contribution in [3.8, 4) is 11.4 Å². The van der Waals surface area contributed by atoms with Crippen LogP contribution in [0.15, 0.2) is 46.2 Å². The third-order valence-electron chi connectivity index (χ3n) is 5.09. The second-order valence-corrected chi connectivity index (χ2v) is 8.10. The molecule has 2 saturated heterocycles. The van der Waals surface area contributed by atoms with E-state index in [0.29, 0.717) is 28.3 Å². The predicted octanol–water partition coefficient (Wildman–Crippen LogP) is 2.63. The lowest BCUT2D eigenvalue weighted by Crippen LogP contribution is -2.34. The highest BCUT2D eigenvalue weighted by molar-refractivity contribution is 8.18. The maximum Gasteiger partial charge on any atom is 0.290 e. The van der Waals surface area contributed by atoms with Crippen molar-refractivity contribution in [2.75, 3.05) is 18.0 Å². The Bertz CT molecular complexity index is 1160. The van der Waals surface area contributed by atoms with E-state index in [4.69, 9.17) is 4.52 Å². The van der Waals surface area contributed by atoms with Gasteiger partial charge in [0.15, 0.2) is 0 Å². The average Bonchev–Trinajstić information content (AvgIpc) is 3.41. The fraction of sp³-hybridized carbons (Fsp3) is 0.250. The van der Waals surface area contributed by atoms with Crippen molar-refractivity contribution < 1.29 is 14.1 Å². The van der Waals surface area contributed by atoms with Gasteiger partial charge in [-0.15, -0.1) is 0 Å². The molecule has 2 fully saturated rings. The van der Waals surface area contributed by atoms with Gasteiger partial charge in [0, 0.05) is 43.2 Å². The van der Waals surface area contributed by atoms with Gasteiger partial charge in [-0.05, 0) is 48.9 Å². The number of hydrogen-bond donors (Lipinski definition) is 1. The number of amides is 2. The molecule has 11 heteroatoms. The maximum absolute atomic E-state index is 11.7. The number of carbonyl (C=O) groups excluding carboxylic acids is 2. The summed E-state index contributed by atoms with van der Waals surface area (Å²) < 4.78 is 5.50. The first kappa shape index (κ1) is 19.4. The summed E-state index contributed by atoms with van der Waals surface area (Å²) in [6.45, 7) is 1.48. The minimum Gasteiger partial charge on any atom is -0.341 e. The van der Waals surface area contributed by atoms with E-state index in [-0.39, 0.29) is 11.2 Å². The van der Waals surface area contributed by atoms with E-state index < -0.39 is 5.91 Å². The number of nitrogens with one attached hydrogen (secondary N) is 1. The summed E-state index contributed by atoms with van der Waals surface area (Å²) in [5.41, 5.74) is 1.45. The van der Waals surface area contributed by atoms with Crippen LogP contribution >= 0.6 is 11.8 Å². The first-order chi connectivity index (χ1) is 15.2. The lowest BCUT2D eigenvalue weighted by atomic mass is 9.97. The SMILES string of the molecule is O=C1NC(=O)/C(=C\c2ccnc(N3CCC(c4nc(-c5ccncc5)no4)CC3)n2)S1. The number of imide groups is 1. The van der Waals surface area contributed by atoms with Crippen LogP contribution in [0, 0.1) is 0 Å². The molecule has 0 atom stereocenters. The Labute approximate surface area is 181 Å². The topological polar surface area (TPSA) is 127 Å². The molecule has 3 aromatic rings. The third-order valence-corrected chi connectivity index (χ3v) is 5.90. The molecule has 2 amide bonds. The van der Waals surface area contributed by atoms with E-state index in [9.17, 15) is 9.59 Å². The van der Waals surface area contributed by atoms with Gasteiger partial charge in [0.05, 0.1) is 10.6 Å². The van der Waals surface area contributed by atoms with E-state index >= 15 is 0 Å². The van der Waals surface area contributed by atoms with Crippen molar-refractivity contribution in [3.05, 3.63) is 53.3 Å². The summed E-state index contributed by atoms with van der Waals surface area (Å²) in [4.78, 5) is 42.9. The van der Waals surface area contributed by atoms with Gasteiger partial charge in [-0.1, -0.05) is 5.16 Å². The zero-order valence-corrected chi connectivity index (χ0v) is 17.1. The second kappa shape index (κ2) is 8.26. The minimum atomic E-state index is -0.401. The number of piperidine rings is 1. The third kappa shape index (κ3) is 4.17. The zero-order valence-electron chi connectivity index (χ0n) is 16.3. The molecule has 1 N–H and O–H groups in total. The van der Waals surface area contributed by atoms with Crippen LogP contribution in [0.4, 0.5) is 10.7 Å². The molecule has 31 heavy (non-hydrogen) atoms. The van der Waals surface area contributed by atoms with Gasteiger partial charge in [-0.3, -0.25) is 19.9 Å². The number of carbonyl (C=O) groups is 2. The first-order valence-electron chi connectivity index (χ1n) is 9.72. The zero-order chi connectivity index (χ0) is 21.2. The Morgan fingerprint density at radius 3 is 2.65 bits per heavy atom. The molecular formula is C20H17N7O3S. The molecule has 156 valence electrons. The van der Waals surface area contributed by atoms with Gasteiger partial charge < -0.3 is 9.42 Å². The Morgan fingerprint density at radius 2 is 1.90 bits per heavy atom. The van der Waals surface area contributed by atoms with Crippen molar-refractivity contribution in [2.45, 2.75) is 18.8 Å². The molecule has 2 aliphatic rings. The van der Waals surface area contributed by atoms with E-state index in [1.165, 1.54) is 0 Å². The molecule has 0 saturated carbocycles. The molecule has 2 aliphatic heterocycles. The standard InChI is InChI=1S/C20H17N7O3S/c28-17-15(31-20(29)25-17)11-14-3-8-22-19(23-14)27-9-4-13(5-10-27)18-24-16(26-30-18)12-1-6-21-7-2-12/h1-3,6-8,11,13H,4-5,9-10H2,(H,25,28,29)/b15-11+. The average molecular weight is 435 g/mol. The van der Waals surface area contributed by atoms with Crippen LogP contribution in [0.3, 0.4) is 0 Å². The number of anilines is 1. The molecule has 5 rings (SSSR count). The minimum absolute atomic E-state index is 0.175. The van der Waals surface area contributed by atoms with Crippen molar-refractivity contribution in [2.24, 2.45) is 0 Å². The van der Waals surface area contributed by atoms with Crippen LogP contribution in [0.2, 0.25) is 0 Å². The summed E-state index contributed by atoms with van der Waals surface area (Å²) in [6.07, 6.45) is 8.31. The second-order valence-electron chi connectivity index (χ2n) is 7.09. The summed E-state index contributed by atoms with van der Waals surface area (Å²) >= 11 is 0.869. The molecule has 0 radical (unpaired) electrons. The quantitative estimate of drug-likeness (QED) is 0.611. The molecule has 0 aromatic carbocycles. The van der Waals surface area contributed by atoms with Gasteiger partial charge in [0.1, 0.15) is 0 Å². The maximum atomic E-state index is 11.7. The molecular weight excluding hydrogens is 418 g/mol. The molecule has 0 bridgehead atoms. The summed E-state index contributed by atoms with van der Waals surface area (Å²) in [7, 11) is 0. The van der Waals surface area contributed by atoms with Crippen LogP contribution in [0.1, 0.15) is 30.3 Å². The summed E-state index contributed by atoms with van der Waals surface area (Å²) in [5.74, 6) is 1.57.